The summed E-state index contributed by atoms with van der Waals surface area (Å²) in [6, 6.07) is 12.7. The molecular weight excluding hydrogens is 329 g/mol. The Bertz CT molecular complexity index is 744. The smallest absolute Gasteiger partial charge is 0.416 e. The van der Waals surface area contributed by atoms with Crippen LogP contribution in [0.3, 0.4) is 0 Å². The van der Waals surface area contributed by atoms with Crippen LogP contribution in [0.5, 0.6) is 0 Å². The molecule has 0 amide bonds. The van der Waals surface area contributed by atoms with Gasteiger partial charge in [-0.05, 0) is 35.6 Å². The maximum absolute atomic E-state index is 13.4. The number of hydrogen-bond donors (Lipinski definition) is 0. The first-order chi connectivity index (χ1) is 11.5. The monoisotopic (exact) mass is 350 g/mol. The molecule has 2 aromatic carbocycles. The normalized spacial score (nSPS) is 13.4. The molecule has 2 rings (SSSR count). The van der Waals surface area contributed by atoms with Crippen molar-refractivity contribution in [3.8, 4) is 0 Å². The summed E-state index contributed by atoms with van der Waals surface area (Å²) in [6.45, 7) is 6.64. The molecular formula is C20H21F3O2. The minimum absolute atomic E-state index is 0.0484. The molecule has 25 heavy (non-hydrogen) atoms. The number of esters is 1. The molecule has 0 bridgehead atoms. The van der Waals surface area contributed by atoms with E-state index in [4.69, 9.17) is 4.74 Å². The van der Waals surface area contributed by atoms with E-state index in [1.54, 1.807) is 39.8 Å². The Morgan fingerprint density at radius 3 is 2.08 bits per heavy atom. The number of hydrogen-bond acceptors (Lipinski definition) is 2. The van der Waals surface area contributed by atoms with Gasteiger partial charge < -0.3 is 4.74 Å². The van der Waals surface area contributed by atoms with Crippen LogP contribution in [0.25, 0.3) is 0 Å². The van der Waals surface area contributed by atoms with Gasteiger partial charge >= 0.3 is 12.1 Å². The van der Waals surface area contributed by atoms with E-state index in [0.717, 1.165) is 11.6 Å². The summed E-state index contributed by atoms with van der Waals surface area (Å²) < 4.78 is 45.6. The SMILES string of the molecule is CC(OC(=O)c1cccc(C(F)(F)F)c1C(C)(C)C)c1ccccc1. The molecule has 0 aliphatic carbocycles. The summed E-state index contributed by atoms with van der Waals surface area (Å²) in [4.78, 5) is 12.6. The standard InChI is InChI=1S/C20H21F3O2/c1-13(14-9-6-5-7-10-14)25-18(24)15-11-8-12-16(20(21,22)23)17(15)19(2,3)4/h5-13H,1-4H3. The van der Waals surface area contributed by atoms with Crippen LogP contribution >= 0.6 is 0 Å². The minimum Gasteiger partial charge on any atom is -0.454 e. The van der Waals surface area contributed by atoms with Crippen molar-refractivity contribution in [3.63, 3.8) is 0 Å². The van der Waals surface area contributed by atoms with E-state index >= 15 is 0 Å². The summed E-state index contributed by atoms with van der Waals surface area (Å²) in [5, 5.41) is 0. The Kier molecular flexibility index (Phi) is 5.26. The maximum atomic E-state index is 13.4. The zero-order valence-electron chi connectivity index (χ0n) is 14.6. The Balaban J connectivity index is 2.43. The molecule has 2 nitrogen and oxygen atoms in total. The second-order valence-electron chi connectivity index (χ2n) is 6.93. The fourth-order valence-corrected chi connectivity index (χ4v) is 2.78. The van der Waals surface area contributed by atoms with Crippen LogP contribution in [-0.4, -0.2) is 5.97 Å². The van der Waals surface area contributed by atoms with Crippen molar-refractivity contribution in [1.29, 1.82) is 0 Å². The van der Waals surface area contributed by atoms with E-state index < -0.39 is 29.2 Å². The van der Waals surface area contributed by atoms with Crippen LogP contribution in [0.15, 0.2) is 48.5 Å². The number of ether oxygens (including phenoxy) is 1. The van der Waals surface area contributed by atoms with Gasteiger partial charge in [-0.2, -0.15) is 13.2 Å². The maximum Gasteiger partial charge on any atom is 0.416 e. The summed E-state index contributed by atoms with van der Waals surface area (Å²) in [7, 11) is 0. The lowest BCUT2D eigenvalue weighted by Gasteiger charge is -2.27. The van der Waals surface area contributed by atoms with Crippen molar-refractivity contribution in [1.82, 2.24) is 0 Å². The summed E-state index contributed by atoms with van der Waals surface area (Å²) in [5.74, 6) is -0.757. The molecule has 0 N–H and O–H groups in total. The fraction of sp³-hybridized carbons (Fsp3) is 0.350. The largest absolute Gasteiger partial charge is 0.454 e. The summed E-state index contributed by atoms with van der Waals surface area (Å²) >= 11 is 0. The highest BCUT2D eigenvalue weighted by Gasteiger charge is 2.39. The van der Waals surface area contributed by atoms with Crippen molar-refractivity contribution in [2.24, 2.45) is 0 Å². The molecule has 0 saturated heterocycles. The average Bonchev–Trinajstić information content (AvgIpc) is 2.53. The number of halogens is 3. The molecule has 2 aromatic rings. The Morgan fingerprint density at radius 1 is 0.960 bits per heavy atom. The van der Waals surface area contributed by atoms with Crippen molar-refractivity contribution < 1.29 is 22.7 Å². The predicted molar refractivity (Wildman–Crippen MR) is 90.4 cm³/mol. The molecule has 0 fully saturated rings. The quantitative estimate of drug-likeness (QED) is 0.642. The van der Waals surface area contributed by atoms with Crippen molar-refractivity contribution >= 4 is 5.97 Å². The highest BCUT2D eigenvalue weighted by Crippen LogP contribution is 2.39. The topological polar surface area (TPSA) is 26.3 Å². The zero-order chi connectivity index (χ0) is 18.8. The average molecular weight is 350 g/mol. The Morgan fingerprint density at radius 2 is 1.56 bits per heavy atom. The molecule has 0 aromatic heterocycles. The number of alkyl halides is 3. The van der Waals surface area contributed by atoms with Crippen LogP contribution in [0.2, 0.25) is 0 Å². The second-order valence-corrected chi connectivity index (χ2v) is 6.93. The first kappa shape index (κ1) is 19.0. The zero-order valence-corrected chi connectivity index (χ0v) is 14.6. The lowest BCUT2D eigenvalue weighted by Crippen LogP contribution is -2.24. The van der Waals surface area contributed by atoms with Crippen molar-refractivity contribution in [3.05, 3.63) is 70.8 Å². The number of carbonyl (C=O) groups is 1. The van der Waals surface area contributed by atoms with Crippen LogP contribution < -0.4 is 0 Å². The third-order valence-corrected chi connectivity index (χ3v) is 3.89. The predicted octanol–water partition coefficient (Wildman–Crippen LogP) is 5.92. The van der Waals surface area contributed by atoms with Gasteiger partial charge in [0.15, 0.2) is 0 Å². The second kappa shape index (κ2) is 6.90. The highest BCUT2D eigenvalue weighted by molar-refractivity contribution is 5.92. The van der Waals surface area contributed by atoms with Crippen LogP contribution in [0.4, 0.5) is 13.2 Å². The van der Waals surface area contributed by atoms with Gasteiger partial charge in [-0.3, -0.25) is 0 Å². The third kappa shape index (κ3) is 4.41. The molecule has 0 spiro atoms. The highest BCUT2D eigenvalue weighted by atomic mass is 19.4. The van der Waals surface area contributed by atoms with Gasteiger partial charge in [-0.1, -0.05) is 57.2 Å². The van der Waals surface area contributed by atoms with Crippen LogP contribution in [-0.2, 0) is 16.3 Å². The Hall–Kier alpha value is -2.30. The molecule has 0 saturated carbocycles. The van der Waals surface area contributed by atoms with Gasteiger partial charge in [0.05, 0.1) is 11.1 Å². The van der Waals surface area contributed by atoms with Gasteiger partial charge in [0, 0.05) is 0 Å². The minimum atomic E-state index is -4.54. The number of carbonyl (C=O) groups excluding carboxylic acids is 1. The lowest BCUT2D eigenvalue weighted by atomic mass is 9.80. The molecule has 0 aliphatic rings. The first-order valence-corrected chi connectivity index (χ1v) is 7.98. The number of benzene rings is 2. The summed E-state index contributed by atoms with van der Waals surface area (Å²) in [5.41, 5.74) is -0.990. The van der Waals surface area contributed by atoms with E-state index in [9.17, 15) is 18.0 Å². The van der Waals surface area contributed by atoms with Crippen molar-refractivity contribution in [2.45, 2.75) is 45.4 Å². The van der Waals surface area contributed by atoms with E-state index in [1.807, 2.05) is 18.2 Å². The fourth-order valence-electron chi connectivity index (χ4n) is 2.78. The van der Waals surface area contributed by atoms with Crippen LogP contribution in [0.1, 0.15) is 60.8 Å². The molecule has 0 radical (unpaired) electrons. The van der Waals surface area contributed by atoms with Crippen LogP contribution in [0, 0.1) is 0 Å². The van der Waals surface area contributed by atoms with E-state index in [1.165, 1.54) is 12.1 Å². The van der Waals surface area contributed by atoms with E-state index in [-0.39, 0.29) is 11.1 Å². The molecule has 0 heterocycles. The lowest BCUT2D eigenvalue weighted by molar-refractivity contribution is -0.138. The molecule has 0 aliphatic heterocycles. The third-order valence-electron chi connectivity index (χ3n) is 3.89. The molecule has 1 unspecified atom stereocenters. The van der Waals surface area contributed by atoms with Gasteiger partial charge in [0.2, 0.25) is 0 Å². The van der Waals surface area contributed by atoms with Gasteiger partial charge in [0.25, 0.3) is 0 Å². The molecule has 134 valence electrons. The van der Waals surface area contributed by atoms with E-state index in [0.29, 0.717) is 0 Å². The van der Waals surface area contributed by atoms with Gasteiger partial charge in [0.1, 0.15) is 6.10 Å². The van der Waals surface area contributed by atoms with Gasteiger partial charge in [-0.25, -0.2) is 4.79 Å². The number of rotatable bonds is 3. The molecule has 1 atom stereocenters. The first-order valence-electron chi connectivity index (χ1n) is 7.98. The van der Waals surface area contributed by atoms with Crippen molar-refractivity contribution in [2.75, 3.05) is 0 Å². The summed E-state index contributed by atoms with van der Waals surface area (Å²) in [6.07, 6.45) is -5.10. The Labute approximate surface area is 145 Å². The van der Waals surface area contributed by atoms with E-state index in [2.05, 4.69) is 0 Å². The van der Waals surface area contributed by atoms with Gasteiger partial charge in [-0.15, -0.1) is 0 Å². The molecule has 5 heteroatoms.